The second kappa shape index (κ2) is 11.7. The van der Waals surface area contributed by atoms with Crippen molar-refractivity contribution in [3.05, 3.63) is 0 Å². The molecule has 2 rings (SSSR count). The van der Waals surface area contributed by atoms with Crippen LogP contribution in [0.4, 0.5) is 0 Å². The number of nitrogens with one attached hydrogen (secondary N) is 1. The van der Waals surface area contributed by atoms with Gasteiger partial charge in [0.1, 0.15) is 0 Å². The molecule has 1 aliphatic carbocycles. The Morgan fingerprint density at radius 3 is 2.46 bits per heavy atom. The lowest BCUT2D eigenvalue weighted by Gasteiger charge is -2.48. The van der Waals surface area contributed by atoms with Gasteiger partial charge in [0.25, 0.3) is 0 Å². The summed E-state index contributed by atoms with van der Waals surface area (Å²) in [6.45, 7) is 10.1. The fraction of sp³-hybridized carbons (Fsp3) is 0.905. The third-order valence-corrected chi connectivity index (χ3v) is 5.93. The normalized spacial score (nSPS) is 20.3. The van der Waals surface area contributed by atoms with Gasteiger partial charge in [0.2, 0.25) is 5.91 Å². The number of nitrogens with zero attached hydrogens (tertiary/aromatic N) is 2. The van der Waals surface area contributed by atoms with Crippen LogP contribution < -0.4 is 5.32 Å². The van der Waals surface area contributed by atoms with Crippen LogP contribution in [0.25, 0.3) is 0 Å². The number of methoxy groups -OCH3 is 1. The Hall–Kier alpha value is -1.18. The molecule has 0 radical (unpaired) electrons. The molecule has 162 valence electrons. The zero-order chi connectivity index (χ0) is 20.4. The van der Waals surface area contributed by atoms with Gasteiger partial charge in [0, 0.05) is 38.3 Å². The molecule has 1 saturated carbocycles. The van der Waals surface area contributed by atoms with Gasteiger partial charge in [0.05, 0.1) is 33.3 Å². The Balaban J connectivity index is 1.89. The maximum absolute atomic E-state index is 12.7. The van der Waals surface area contributed by atoms with Crippen molar-refractivity contribution >= 4 is 11.9 Å². The predicted octanol–water partition coefficient (Wildman–Crippen LogP) is 1.66. The molecule has 0 aromatic heterocycles. The summed E-state index contributed by atoms with van der Waals surface area (Å²) in [5, 5.41) is 3.22. The van der Waals surface area contributed by atoms with Crippen molar-refractivity contribution in [1.29, 1.82) is 0 Å². The number of hydrogen-bond donors (Lipinski definition) is 1. The monoisotopic (exact) mass is 397 g/mol. The number of hydrogen-bond acceptors (Lipinski definition) is 6. The van der Waals surface area contributed by atoms with Crippen molar-refractivity contribution in [1.82, 2.24) is 15.1 Å². The fourth-order valence-corrected chi connectivity index (χ4v) is 4.48. The van der Waals surface area contributed by atoms with E-state index in [1.807, 2.05) is 0 Å². The Labute approximate surface area is 170 Å². The van der Waals surface area contributed by atoms with Gasteiger partial charge in [-0.25, -0.2) is 0 Å². The molecule has 7 heteroatoms. The first-order valence-electron chi connectivity index (χ1n) is 10.8. The highest BCUT2D eigenvalue weighted by molar-refractivity contribution is 5.78. The van der Waals surface area contributed by atoms with Crippen LogP contribution in [-0.4, -0.2) is 86.8 Å². The van der Waals surface area contributed by atoms with Crippen LogP contribution in [-0.2, 0) is 19.1 Å². The molecule has 0 bridgehead atoms. The van der Waals surface area contributed by atoms with Crippen molar-refractivity contribution in [3.63, 3.8) is 0 Å². The minimum Gasteiger partial charge on any atom is -0.469 e. The zero-order valence-corrected chi connectivity index (χ0v) is 18.0. The summed E-state index contributed by atoms with van der Waals surface area (Å²) in [4.78, 5) is 28.8. The van der Waals surface area contributed by atoms with E-state index in [9.17, 15) is 9.59 Å². The molecule has 7 nitrogen and oxygen atoms in total. The highest BCUT2D eigenvalue weighted by atomic mass is 16.5. The number of esters is 1. The molecule has 0 unspecified atom stereocenters. The van der Waals surface area contributed by atoms with Crippen molar-refractivity contribution in [3.8, 4) is 0 Å². The topological polar surface area (TPSA) is 71.1 Å². The molecular weight excluding hydrogens is 358 g/mol. The summed E-state index contributed by atoms with van der Waals surface area (Å²) >= 11 is 0. The molecular formula is C21H39N3O4. The number of rotatable bonds is 10. The summed E-state index contributed by atoms with van der Waals surface area (Å²) < 4.78 is 10.3. The molecule has 28 heavy (non-hydrogen) atoms. The summed E-state index contributed by atoms with van der Waals surface area (Å²) in [6.07, 6.45) is 6.35. The van der Waals surface area contributed by atoms with Crippen LogP contribution in [0.5, 0.6) is 0 Å². The maximum atomic E-state index is 12.7. The zero-order valence-electron chi connectivity index (χ0n) is 18.0. The molecule has 1 aliphatic heterocycles. The van der Waals surface area contributed by atoms with Gasteiger partial charge in [-0.05, 0) is 18.8 Å². The van der Waals surface area contributed by atoms with Crippen LogP contribution in [0, 0.1) is 5.92 Å². The van der Waals surface area contributed by atoms with Gasteiger partial charge >= 0.3 is 5.97 Å². The van der Waals surface area contributed by atoms with Crippen molar-refractivity contribution < 1.29 is 19.1 Å². The lowest BCUT2D eigenvalue weighted by Crippen LogP contribution is -2.60. The summed E-state index contributed by atoms with van der Waals surface area (Å²) in [5.74, 6) is 0.245. The van der Waals surface area contributed by atoms with E-state index < -0.39 is 0 Å². The SMILES string of the molecule is COC(=O)CCN(CC(=O)NCC1(N2CCOCC2)CCCCC1)CC(C)C. The Bertz CT molecular complexity index is 486. The lowest BCUT2D eigenvalue weighted by molar-refractivity contribution is -0.141. The van der Waals surface area contributed by atoms with Crippen LogP contribution in [0.15, 0.2) is 0 Å². The molecule has 0 atom stereocenters. The van der Waals surface area contributed by atoms with E-state index in [1.165, 1.54) is 26.4 Å². The minimum atomic E-state index is -0.234. The molecule has 2 fully saturated rings. The molecule has 0 aromatic carbocycles. The van der Waals surface area contributed by atoms with E-state index in [2.05, 4.69) is 29.0 Å². The van der Waals surface area contributed by atoms with E-state index in [0.717, 1.165) is 45.7 Å². The largest absolute Gasteiger partial charge is 0.469 e. The van der Waals surface area contributed by atoms with Crippen LogP contribution in [0.1, 0.15) is 52.4 Å². The molecule has 1 heterocycles. The molecule has 0 spiro atoms. The molecule has 0 aromatic rings. The number of carbonyl (C=O) groups excluding carboxylic acids is 2. The van der Waals surface area contributed by atoms with E-state index in [1.54, 1.807) is 0 Å². The average molecular weight is 398 g/mol. The van der Waals surface area contributed by atoms with Crippen LogP contribution in [0.3, 0.4) is 0 Å². The predicted molar refractivity (Wildman–Crippen MR) is 109 cm³/mol. The first-order valence-corrected chi connectivity index (χ1v) is 10.8. The highest BCUT2D eigenvalue weighted by Crippen LogP contribution is 2.33. The minimum absolute atomic E-state index is 0.0451. The Morgan fingerprint density at radius 1 is 1.18 bits per heavy atom. The standard InChI is InChI=1S/C21H39N3O4/c1-18(2)15-23(10-7-20(26)27-3)16-19(25)22-17-21(8-5-4-6-9-21)24-11-13-28-14-12-24/h18H,4-17H2,1-3H3,(H,22,25). The second-order valence-electron chi connectivity index (χ2n) is 8.62. The van der Waals surface area contributed by atoms with Crippen LogP contribution >= 0.6 is 0 Å². The summed E-state index contributed by atoms with van der Waals surface area (Å²) in [6, 6.07) is 0. The number of carbonyl (C=O) groups is 2. The number of ether oxygens (including phenoxy) is 2. The third-order valence-electron chi connectivity index (χ3n) is 5.93. The van der Waals surface area contributed by atoms with Crippen molar-refractivity contribution in [2.75, 3.05) is 59.6 Å². The molecule has 1 amide bonds. The third kappa shape index (κ3) is 7.33. The summed E-state index contributed by atoms with van der Waals surface area (Å²) in [5.41, 5.74) is 0.0760. The highest BCUT2D eigenvalue weighted by Gasteiger charge is 2.38. The first kappa shape index (κ1) is 23.1. The smallest absolute Gasteiger partial charge is 0.306 e. The van der Waals surface area contributed by atoms with Crippen LogP contribution in [0.2, 0.25) is 0 Å². The Morgan fingerprint density at radius 2 is 1.86 bits per heavy atom. The van der Waals surface area contributed by atoms with Gasteiger partial charge in [0.15, 0.2) is 0 Å². The quantitative estimate of drug-likeness (QED) is 0.566. The molecule has 1 N–H and O–H groups in total. The van der Waals surface area contributed by atoms with Gasteiger partial charge in [-0.1, -0.05) is 33.1 Å². The number of morpholine rings is 1. The molecule has 1 saturated heterocycles. The van der Waals surface area contributed by atoms with Crippen molar-refractivity contribution in [2.24, 2.45) is 5.92 Å². The van der Waals surface area contributed by atoms with Gasteiger partial charge in [-0.3, -0.25) is 19.4 Å². The second-order valence-corrected chi connectivity index (χ2v) is 8.62. The van der Waals surface area contributed by atoms with E-state index in [4.69, 9.17) is 9.47 Å². The molecule has 2 aliphatic rings. The fourth-order valence-electron chi connectivity index (χ4n) is 4.48. The lowest BCUT2D eigenvalue weighted by atomic mass is 9.79. The average Bonchev–Trinajstić information content (AvgIpc) is 2.71. The van der Waals surface area contributed by atoms with Crippen molar-refractivity contribution in [2.45, 2.75) is 57.9 Å². The maximum Gasteiger partial charge on any atom is 0.306 e. The van der Waals surface area contributed by atoms with Gasteiger partial charge < -0.3 is 14.8 Å². The first-order chi connectivity index (χ1) is 13.4. The Kier molecular flexibility index (Phi) is 9.68. The van der Waals surface area contributed by atoms with Gasteiger partial charge in [-0.2, -0.15) is 0 Å². The van der Waals surface area contributed by atoms with Gasteiger partial charge in [-0.15, -0.1) is 0 Å². The number of amides is 1. The van der Waals surface area contributed by atoms with E-state index in [-0.39, 0.29) is 17.4 Å². The summed E-state index contributed by atoms with van der Waals surface area (Å²) in [7, 11) is 1.40. The van der Waals surface area contributed by atoms with E-state index in [0.29, 0.717) is 32.0 Å². The van der Waals surface area contributed by atoms with E-state index >= 15 is 0 Å².